The monoisotopic (exact) mass is 263 g/mol. The van der Waals surface area contributed by atoms with Crippen LogP contribution in [0.4, 0.5) is 5.82 Å². The molecule has 1 unspecified atom stereocenters. The molecule has 106 valence electrons. The van der Waals surface area contributed by atoms with Crippen molar-refractivity contribution in [3.63, 3.8) is 0 Å². The van der Waals surface area contributed by atoms with Gasteiger partial charge in [0.05, 0.1) is 6.61 Å². The van der Waals surface area contributed by atoms with Crippen LogP contribution in [0.15, 0.2) is 18.3 Å². The molecular formula is C15H25N3O. The van der Waals surface area contributed by atoms with E-state index in [1.807, 2.05) is 19.3 Å². The molecule has 1 aliphatic carbocycles. The summed E-state index contributed by atoms with van der Waals surface area (Å²) in [6.45, 7) is 5.03. The van der Waals surface area contributed by atoms with Crippen LogP contribution in [0.1, 0.15) is 25.3 Å². The van der Waals surface area contributed by atoms with Gasteiger partial charge in [0, 0.05) is 45.0 Å². The Morgan fingerprint density at radius 2 is 2.32 bits per heavy atom. The molecule has 1 saturated carbocycles. The van der Waals surface area contributed by atoms with Gasteiger partial charge in [0.1, 0.15) is 5.82 Å². The van der Waals surface area contributed by atoms with Crippen LogP contribution < -0.4 is 5.32 Å². The molecule has 4 nitrogen and oxygen atoms in total. The highest BCUT2D eigenvalue weighted by Crippen LogP contribution is 2.35. The molecule has 1 heterocycles. The predicted molar refractivity (Wildman–Crippen MR) is 78.3 cm³/mol. The fourth-order valence-corrected chi connectivity index (χ4v) is 2.52. The normalized spacial score (nSPS) is 16.6. The molecule has 0 bridgehead atoms. The van der Waals surface area contributed by atoms with E-state index in [2.05, 4.69) is 28.2 Å². The van der Waals surface area contributed by atoms with E-state index < -0.39 is 0 Å². The number of rotatable bonds is 8. The standard InChI is InChI=1S/C15H25N3O/c1-12(13-6-7-13)18(9-10-19-3)11-14-5-4-8-17-15(14)16-2/h4-5,8,12-13H,6-7,9-11H2,1-3H3,(H,16,17). The number of nitrogens with one attached hydrogen (secondary N) is 1. The summed E-state index contributed by atoms with van der Waals surface area (Å²) in [5, 5.41) is 3.17. The smallest absolute Gasteiger partial charge is 0.130 e. The van der Waals surface area contributed by atoms with E-state index in [9.17, 15) is 0 Å². The Morgan fingerprint density at radius 1 is 1.53 bits per heavy atom. The Morgan fingerprint density at radius 3 is 2.95 bits per heavy atom. The van der Waals surface area contributed by atoms with Crippen LogP contribution >= 0.6 is 0 Å². The van der Waals surface area contributed by atoms with Gasteiger partial charge in [-0.3, -0.25) is 4.90 Å². The summed E-state index contributed by atoms with van der Waals surface area (Å²) in [4.78, 5) is 6.89. The molecule has 0 radical (unpaired) electrons. The fraction of sp³-hybridized carbons (Fsp3) is 0.667. The molecule has 0 saturated heterocycles. The zero-order valence-corrected chi connectivity index (χ0v) is 12.2. The van der Waals surface area contributed by atoms with Gasteiger partial charge in [0.15, 0.2) is 0 Å². The first-order chi connectivity index (χ1) is 9.26. The Kier molecular flexibility index (Phi) is 5.16. The maximum absolute atomic E-state index is 5.24. The van der Waals surface area contributed by atoms with Gasteiger partial charge in [-0.25, -0.2) is 4.98 Å². The molecule has 1 atom stereocenters. The largest absolute Gasteiger partial charge is 0.383 e. The molecule has 0 amide bonds. The van der Waals surface area contributed by atoms with Gasteiger partial charge < -0.3 is 10.1 Å². The quantitative estimate of drug-likeness (QED) is 0.781. The lowest BCUT2D eigenvalue weighted by Gasteiger charge is -2.29. The zero-order valence-electron chi connectivity index (χ0n) is 12.2. The maximum atomic E-state index is 5.24. The van der Waals surface area contributed by atoms with E-state index in [1.165, 1.54) is 18.4 Å². The molecule has 1 aliphatic rings. The number of hydrogen-bond acceptors (Lipinski definition) is 4. The van der Waals surface area contributed by atoms with Gasteiger partial charge in [-0.05, 0) is 31.7 Å². The highest BCUT2D eigenvalue weighted by atomic mass is 16.5. The van der Waals surface area contributed by atoms with E-state index in [0.717, 1.165) is 31.4 Å². The zero-order chi connectivity index (χ0) is 13.7. The van der Waals surface area contributed by atoms with Crippen LogP contribution in [-0.4, -0.2) is 43.2 Å². The predicted octanol–water partition coefficient (Wildman–Crippen LogP) is 2.37. The molecular weight excluding hydrogens is 238 g/mol. The number of anilines is 1. The van der Waals surface area contributed by atoms with Crippen molar-refractivity contribution in [2.45, 2.75) is 32.4 Å². The van der Waals surface area contributed by atoms with Crippen molar-refractivity contribution in [3.05, 3.63) is 23.9 Å². The van der Waals surface area contributed by atoms with Gasteiger partial charge in [-0.2, -0.15) is 0 Å². The van der Waals surface area contributed by atoms with Crippen molar-refractivity contribution < 1.29 is 4.74 Å². The molecule has 0 aromatic carbocycles. The molecule has 1 aromatic heterocycles. The fourth-order valence-electron chi connectivity index (χ4n) is 2.52. The van der Waals surface area contributed by atoms with Gasteiger partial charge in [-0.1, -0.05) is 6.07 Å². The number of pyridine rings is 1. The van der Waals surface area contributed by atoms with Gasteiger partial charge in [-0.15, -0.1) is 0 Å². The van der Waals surface area contributed by atoms with Crippen LogP contribution in [0, 0.1) is 5.92 Å². The first-order valence-corrected chi connectivity index (χ1v) is 7.11. The van der Waals surface area contributed by atoms with Crippen LogP contribution in [0.5, 0.6) is 0 Å². The Hall–Kier alpha value is -1.13. The van der Waals surface area contributed by atoms with Crippen molar-refractivity contribution in [2.75, 3.05) is 32.6 Å². The van der Waals surface area contributed by atoms with E-state index in [0.29, 0.717) is 6.04 Å². The second-order valence-corrected chi connectivity index (χ2v) is 5.30. The van der Waals surface area contributed by atoms with Crippen molar-refractivity contribution in [1.82, 2.24) is 9.88 Å². The Bertz CT molecular complexity index is 393. The topological polar surface area (TPSA) is 37.4 Å². The lowest BCUT2D eigenvalue weighted by molar-refractivity contribution is 0.112. The highest BCUT2D eigenvalue weighted by Gasteiger charge is 2.32. The number of aromatic nitrogens is 1. The second kappa shape index (κ2) is 6.87. The SMILES string of the molecule is CNc1ncccc1CN(CCOC)C(C)C1CC1. The average molecular weight is 263 g/mol. The highest BCUT2D eigenvalue weighted by molar-refractivity contribution is 5.42. The van der Waals surface area contributed by atoms with E-state index >= 15 is 0 Å². The first-order valence-electron chi connectivity index (χ1n) is 7.11. The Labute approximate surface area is 116 Å². The minimum absolute atomic E-state index is 0.625. The summed E-state index contributed by atoms with van der Waals surface area (Å²) in [6, 6.07) is 4.78. The molecule has 0 spiro atoms. The molecule has 0 aliphatic heterocycles. The third kappa shape index (κ3) is 3.91. The lowest BCUT2D eigenvalue weighted by Crippen LogP contribution is -2.36. The van der Waals surface area contributed by atoms with Crippen LogP contribution in [0.25, 0.3) is 0 Å². The van der Waals surface area contributed by atoms with Crippen LogP contribution in [0.3, 0.4) is 0 Å². The summed E-state index contributed by atoms with van der Waals surface area (Å²) < 4.78 is 5.24. The summed E-state index contributed by atoms with van der Waals surface area (Å²) >= 11 is 0. The number of ether oxygens (including phenoxy) is 1. The van der Waals surface area contributed by atoms with Gasteiger partial charge in [0.2, 0.25) is 0 Å². The van der Waals surface area contributed by atoms with E-state index in [1.54, 1.807) is 7.11 Å². The molecule has 4 heteroatoms. The third-order valence-corrected chi connectivity index (χ3v) is 3.96. The van der Waals surface area contributed by atoms with Crippen LogP contribution in [-0.2, 0) is 11.3 Å². The molecule has 1 fully saturated rings. The lowest BCUT2D eigenvalue weighted by atomic mass is 10.1. The number of nitrogens with zero attached hydrogens (tertiary/aromatic N) is 2. The first kappa shape index (κ1) is 14.3. The molecule has 2 rings (SSSR count). The van der Waals surface area contributed by atoms with Gasteiger partial charge in [0.25, 0.3) is 0 Å². The number of hydrogen-bond donors (Lipinski definition) is 1. The van der Waals surface area contributed by atoms with Crippen molar-refractivity contribution in [1.29, 1.82) is 0 Å². The third-order valence-electron chi connectivity index (χ3n) is 3.96. The van der Waals surface area contributed by atoms with E-state index in [4.69, 9.17) is 4.74 Å². The summed E-state index contributed by atoms with van der Waals surface area (Å²) in [5.41, 5.74) is 1.26. The van der Waals surface area contributed by atoms with Crippen molar-refractivity contribution in [2.24, 2.45) is 5.92 Å². The summed E-state index contributed by atoms with van der Waals surface area (Å²) in [5.74, 6) is 1.85. The molecule has 1 aromatic rings. The number of methoxy groups -OCH3 is 1. The summed E-state index contributed by atoms with van der Waals surface area (Å²) in [7, 11) is 3.69. The van der Waals surface area contributed by atoms with Crippen molar-refractivity contribution >= 4 is 5.82 Å². The van der Waals surface area contributed by atoms with Crippen LogP contribution in [0.2, 0.25) is 0 Å². The Balaban J connectivity index is 2.05. The molecule has 1 N–H and O–H groups in total. The van der Waals surface area contributed by atoms with E-state index in [-0.39, 0.29) is 0 Å². The minimum atomic E-state index is 0.625. The summed E-state index contributed by atoms with van der Waals surface area (Å²) in [6.07, 6.45) is 4.58. The minimum Gasteiger partial charge on any atom is -0.383 e. The second-order valence-electron chi connectivity index (χ2n) is 5.30. The molecule has 19 heavy (non-hydrogen) atoms. The average Bonchev–Trinajstić information content (AvgIpc) is 3.27. The van der Waals surface area contributed by atoms with Crippen molar-refractivity contribution in [3.8, 4) is 0 Å². The van der Waals surface area contributed by atoms with Gasteiger partial charge >= 0.3 is 0 Å². The maximum Gasteiger partial charge on any atom is 0.130 e.